The van der Waals surface area contributed by atoms with Gasteiger partial charge in [0.2, 0.25) is 0 Å². The number of benzene rings is 4. The van der Waals surface area contributed by atoms with Crippen LogP contribution in [0.4, 0.5) is 0 Å². The first kappa shape index (κ1) is 27.6. The van der Waals surface area contributed by atoms with Crippen molar-refractivity contribution in [2.75, 3.05) is 0 Å². The molecule has 6 aromatic rings. The van der Waals surface area contributed by atoms with Crippen LogP contribution in [0, 0.1) is 5.41 Å². The van der Waals surface area contributed by atoms with E-state index in [0.29, 0.717) is 0 Å². The van der Waals surface area contributed by atoms with E-state index < -0.39 is 8.07 Å². The molecule has 2 aromatic heterocycles. The minimum atomic E-state index is -2.36. The van der Waals surface area contributed by atoms with Crippen molar-refractivity contribution in [2.24, 2.45) is 5.41 Å². The molecule has 0 spiro atoms. The normalized spacial score (nSPS) is 12.7. The lowest BCUT2D eigenvalue weighted by atomic mass is 9.82. The maximum Gasteiger partial charge on any atom is 0.161 e. The molecular formula is C38H39NSSi. The third-order valence-electron chi connectivity index (χ3n) is 8.13. The highest BCUT2D eigenvalue weighted by molar-refractivity contribution is 7.36. The van der Waals surface area contributed by atoms with E-state index >= 15 is 0 Å². The Morgan fingerprint density at radius 2 is 1.27 bits per heavy atom. The summed E-state index contributed by atoms with van der Waals surface area (Å²) in [5.41, 5.74) is 3.85. The highest BCUT2D eigenvalue weighted by Crippen LogP contribution is 2.38. The Morgan fingerprint density at radius 3 is 1.88 bits per heavy atom. The molecule has 0 amide bonds. The monoisotopic (exact) mass is 569 g/mol. The average molecular weight is 570 g/mol. The third kappa shape index (κ3) is 5.18. The second-order valence-electron chi connectivity index (χ2n) is 13.6. The molecule has 3 heteroatoms. The zero-order chi connectivity index (χ0) is 28.8. The molecule has 0 aliphatic rings. The van der Waals surface area contributed by atoms with Gasteiger partial charge in [0.25, 0.3) is 0 Å². The standard InChI is InChI=1S/C38H39NSSi/c1-37(2,3)26-41(30-16-9-7-10-17-30,31-18-11-8-12-19-31)34-25-28-21-22-39-35(36(28)40-34)29-23-27-15-13-14-20-32(27)33(24-29)38(4,5)6/h7-25H,26H2,1-6H3. The van der Waals surface area contributed by atoms with E-state index in [4.69, 9.17) is 4.98 Å². The molecule has 0 aliphatic carbocycles. The lowest BCUT2D eigenvalue weighted by Gasteiger charge is -2.37. The smallest absolute Gasteiger partial charge is 0.161 e. The average Bonchev–Trinajstić information content (AvgIpc) is 3.40. The molecule has 6 rings (SSSR count). The van der Waals surface area contributed by atoms with Crippen molar-refractivity contribution in [3.63, 3.8) is 0 Å². The van der Waals surface area contributed by atoms with Gasteiger partial charge < -0.3 is 0 Å². The number of rotatable bonds is 5. The van der Waals surface area contributed by atoms with Gasteiger partial charge in [0.15, 0.2) is 8.07 Å². The number of aromatic nitrogens is 1. The Balaban J connectivity index is 1.64. The van der Waals surface area contributed by atoms with Crippen molar-refractivity contribution in [3.8, 4) is 11.3 Å². The Morgan fingerprint density at radius 1 is 0.659 bits per heavy atom. The molecule has 0 unspecified atom stereocenters. The van der Waals surface area contributed by atoms with Crippen molar-refractivity contribution in [1.29, 1.82) is 0 Å². The highest BCUT2D eigenvalue weighted by atomic mass is 32.1. The maximum atomic E-state index is 5.05. The van der Waals surface area contributed by atoms with Crippen LogP contribution in [0.3, 0.4) is 0 Å². The van der Waals surface area contributed by atoms with E-state index in [-0.39, 0.29) is 10.8 Å². The predicted molar refractivity (Wildman–Crippen MR) is 183 cm³/mol. The first-order valence-electron chi connectivity index (χ1n) is 14.6. The molecule has 0 aliphatic heterocycles. The summed E-state index contributed by atoms with van der Waals surface area (Å²) in [5.74, 6) is 0. The molecule has 0 atom stereocenters. The molecule has 41 heavy (non-hydrogen) atoms. The first-order chi connectivity index (χ1) is 19.6. The molecule has 0 saturated heterocycles. The number of nitrogens with zero attached hydrogens (tertiary/aromatic N) is 1. The lowest BCUT2D eigenvalue weighted by Crippen LogP contribution is -2.67. The minimum Gasteiger partial charge on any atom is -0.255 e. The zero-order valence-electron chi connectivity index (χ0n) is 25.0. The van der Waals surface area contributed by atoms with E-state index in [1.54, 1.807) is 0 Å². The molecule has 206 valence electrons. The Hall–Kier alpha value is -3.53. The number of hydrogen-bond donors (Lipinski definition) is 0. The molecule has 0 radical (unpaired) electrons. The maximum absolute atomic E-state index is 5.05. The molecule has 2 heterocycles. The quantitative estimate of drug-likeness (QED) is 0.189. The number of hydrogen-bond acceptors (Lipinski definition) is 2. The summed E-state index contributed by atoms with van der Waals surface area (Å²) in [7, 11) is -2.36. The summed E-state index contributed by atoms with van der Waals surface area (Å²) in [6.45, 7) is 14.1. The Bertz CT molecular complexity index is 1780. The van der Waals surface area contributed by atoms with Gasteiger partial charge in [-0.2, -0.15) is 0 Å². The second-order valence-corrected chi connectivity index (χ2v) is 18.8. The fourth-order valence-electron chi connectivity index (χ4n) is 6.43. The van der Waals surface area contributed by atoms with Crippen LogP contribution in [-0.4, -0.2) is 13.1 Å². The molecule has 4 aromatic carbocycles. The van der Waals surface area contributed by atoms with Gasteiger partial charge in [-0.3, -0.25) is 4.98 Å². The van der Waals surface area contributed by atoms with E-state index in [2.05, 4.69) is 151 Å². The zero-order valence-corrected chi connectivity index (χ0v) is 26.8. The van der Waals surface area contributed by atoms with E-state index in [9.17, 15) is 0 Å². The van der Waals surface area contributed by atoms with Gasteiger partial charge in [0, 0.05) is 16.3 Å². The SMILES string of the molecule is CC(C)(C)C[Si](c1ccccc1)(c1ccccc1)c1cc2ccnc(-c3cc(C(C)(C)C)c4ccccc4c3)c2s1. The minimum absolute atomic E-state index is 0.0273. The summed E-state index contributed by atoms with van der Waals surface area (Å²) in [6.07, 6.45) is 2.00. The highest BCUT2D eigenvalue weighted by Gasteiger charge is 2.43. The number of fused-ring (bicyclic) bond motifs is 2. The van der Waals surface area contributed by atoms with Gasteiger partial charge in [0.1, 0.15) is 0 Å². The molecule has 1 nitrogen and oxygen atoms in total. The van der Waals surface area contributed by atoms with Crippen LogP contribution in [0.25, 0.3) is 32.1 Å². The van der Waals surface area contributed by atoms with Crippen LogP contribution in [-0.2, 0) is 5.41 Å². The van der Waals surface area contributed by atoms with Gasteiger partial charge in [-0.1, -0.05) is 126 Å². The molecule has 0 N–H and O–H groups in total. The first-order valence-corrected chi connectivity index (χ1v) is 17.6. The van der Waals surface area contributed by atoms with Crippen molar-refractivity contribution < 1.29 is 0 Å². The summed E-state index contributed by atoms with van der Waals surface area (Å²) in [5, 5.41) is 6.84. The van der Waals surface area contributed by atoms with Crippen molar-refractivity contribution in [1.82, 2.24) is 4.98 Å². The second kappa shape index (κ2) is 10.4. The van der Waals surface area contributed by atoms with Gasteiger partial charge in [0.05, 0.1) is 10.4 Å². The van der Waals surface area contributed by atoms with Crippen LogP contribution < -0.4 is 14.9 Å². The van der Waals surface area contributed by atoms with E-state index in [1.807, 2.05) is 17.5 Å². The van der Waals surface area contributed by atoms with Crippen LogP contribution in [0.1, 0.15) is 47.1 Å². The number of thiophene rings is 1. The predicted octanol–water partition coefficient (Wildman–Crippen LogP) is 8.93. The van der Waals surface area contributed by atoms with Gasteiger partial charge in [-0.25, -0.2) is 0 Å². The van der Waals surface area contributed by atoms with E-state index in [0.717, 1.165) is 11.7 Å². The summed E-state index contributed by atoms with van der Waals surface area (Å²) in [6, 6.07) is 41.9. The third-order valence-corrected chi connectivity index (χ3v) is 15.7. The summed E-state index contributed by atoms with van der Waals surface area (Å²) < 4.78 is 2.79. The van der Waals surface area contributed by atoms with Gasteiger partial charge >= 0.3 is 0 Å². The number of pyridine rings is 1. The van der Waals surface area contributed by atoms with Crippen molar-refractivity contribution in [2.45, 2.75) is 53.0 Å². The fourth-order valence-corrected chi connectivity index (χ4v) is 14.3. The molecule has 0 fully saturated rings. The Labute approximate surface area is 249 Å². The lowest BCUT2D eigenvalue weighted by molar-refractivity contribution is 0.464. The Kier molecular flexibility index (Phi) is 7.00. The molecular weight excluding hydrogens is 531 g/mol. The van der Waals surface area contributed by atoms with Crippen molar-refractivity contribution >= 4 is 55.1 Å². The van der Waals surface area contributed by atoms with E-state index in [1.165, 1.54) is 46.9 Å². The summed E-state index contributed by atoms with van der Waals surface area (Å²) >= 11 is 1.97. The largest absolute Gasteiger partial charge is 0.255 e. The van der Waals surface area contributed by atoms with Crippen molar-refractivity contribution in [3.05, 3.63) is 121 Å². The fraction of sp³-hybridized carbons (Fsp3) is 0.237. The van der Waals surface area contributed by atoms with Crippen LogP contribution in [0.5, 0.6) is 0 Å². The van der Waals surface area contributed by atoms with Crippen LogP contribution >= 0.6 is 11.3 Å². The summed E-state index contributed by atoms with van der Waals surface area (Å²) in [4.78, 5) is 5.05. The molecule has 0 saturated carbocycles. The topological polar surface area (TPSA) is 12.9 Å². The van der Waals surface area contributed by atoms with Crippen LogP contribution in [0.2, 0.25) is 6.04 Å². The van der Waals surface area contributed by atoms with Gasteiger partial charge in [-0.15, -0.1) is 11.3 Å². The van der Waals surface area contributed by atoms with Crippen LogP contribution in [0.15, 0.2) is 115 Å². The van der Waals surface area contributed by atoms with Gasteiger partial charge in [-0.05, 0) is 73.2 Å². The molecule has 0 bridgehead atoms.